The topological polar surface area (TPSA) is 93.6 Å². The number of ether oxygens (including phenoxy) is 3. The van der Waals surface area contributed by atoms with Crippen molar-refractivity contribution in [3.63, 3.8) is 0 Å². The Morgan fingerprint density at radius 2 is 1.88 bits per heavy atom. The van der Waals surface area contributed by atoms with Gasteiger partial charge >= 0.3 is 0 Å². The van der Waals surface area contributed by atoms with Crippen LogP contribution in [0.2, 0.25) is 5.02 Å². The lowest BCUT2D eigenvalue weighted by atomic mass is 10.1. The number of H-pyrrole nitrogens is 1. The van der Waals surface area contributed by atoms with Crippen molar-refractivity contribution in [2.75, 3.05) is 50.7 Å². The molecule has 1 fully saturated rings. The molecule has 0 radical (unpaired) electrons. The Bertz CT molecular complexity index is 1770. The van der Waals surface area contributed by atoms with Crippen molar-refractivity contribution in [2.24, 2.45) is 7.05 Å². The Morgan fingerprint density at radius 3 is 2.65 bits per heavy atom. The van der Waals surface area contributed by atoms with Crippen LogP contribution in [-0.4, -0.2) is 55.1 Å². The summed E-state index contributed by atoms with van der Waals surface area (Å²) in [5.41, 5.74) is 5.30. The summed E-state index contributed by atoms with van der Waals surface area (Å²) in [7, 11) is 5.00. The molecule has 0 unspecified atom stereocenters. The maximum absolute atomic E-state index is 13.9. The Labute approximate surface area is 236 Å². The molecule has 3 aromatic carbocycles. The number of morpholine rings is 1. The predicted molar refractivity (Wildman–Crippen MR) is 159 cm³/mol. The average Bonchev–Trinajstić information content (AvgIpc) is 3.41. The molecule has 2 N–H and O–H groups in total. The van der Waals surface area contributed by atoms with E-state index in [1.54, 1.807) is 31.9 Å². The zero-order chi connectivity index (χ0) is 27.8. The molecule has 40 heavy (non-hydrogen) atoms. The van der Waals surface area contributed by atoms with Gasteiger partial charge in [-0.2, -0.15) is 0 Å². The number of imidazole rings is 1. The van der Waals surface area contributed by atoms with Crippen molar-refractivity contribution in [1.29, 1.82) is 0 Å². The van der Waals surface area contributed by atoms with E-state index >= 15 is 0 Å². The van der Waals surface area contributed by atoms with Crippen LogP contribution in [0.3, 0.4) is 0 Å². The van der Waals surface area contributed by atoms with Crippen LogP contribution in [0.25, 0.3) is 33.3 Å². The lowest BCUT2D eigenvalue weighted by molar-refractivity contribution is 0.122. The van der Waals surface area contributed by atoms with E-state index in [-0.39, 0.29) is 5.56 Å². The average molecular weight is 560 g/mol. The number of hydrogen-bond donors (Lipinski definition) is 2. The van der Waals surface area contributed by atoms with Crippen molar-refractivity contribution in [3.8, 4) is 22.9 Å². The molecule has 0 bridgehead atoms. The molecule has 2 aromatic heterocycles. The van der Waals surface area contributed by atoms with Gasteiger partial charge in [-0.25, -0.2) is 4.98 Å². The fourth-order valence-corrected chi connectivity index (χ4v) is 5.41. The molecule has 0 aliphatic carbocycles. The first-order chi connectivity index (χ1) is 19.5. The Hall–Kier alpha value is -4.21. The summed E-state index contributed by atoms with van der Waals surface area (Å²) in [6, 6.07) is 17.3. The van der Waals surface area contributed by atoms with Crippen LogP contribution in [0.5, 0.6) is 11.5 Å². The maximum Gasteiger partial charge on any atom is 0.263 e. The summed E-state index contributed by atoms with van der Waals surface area (Å²) in [6.45, 7) is 3.48. The van der Waals surface area contributed by atoms with E-state index in [1.165, 1.54) is 0 Å². The molecular formula is C30H30ClN5O4. The highest BCUT2D eigenvalue weighted by molar-refractivity contribution is 6.31. The van der Waals surface area contributed by atoms with Gasteiger partial charge in [0.05, 0.1) is 49.7 Å². The highest BCUT2D eigenvalue weighted by atomic mass is 35.5. The van der Waals surface area contributed by atoms with E-state index in [0.29, 0.717) is 53.4 Å². The normalized spacial score (nSPS) is 13.7. The van der Waals surface area contributed by atoms with Crippen molar-refractivity contribution < 1.29 is 14.2 Å². The SMILES string of the molecule is COc1ccc(CNc2c(-c3nc4ccc(N5CCOCC5)cc4[nH]3)c(=O)n(C)c3ccc(Cl)cc23)c(OC)c1. The van der Waals surface area contributed by atoms with E-state index < -0.39 is 0 Å². The predicted octanol–water partition coefficient (Wildman–Crippen LogP) is 5.20. The second kappa shape index (κ2) is 10.7. The second-order valence-electron chi connectivity index (χ2n) is 9.69. The highest BCUT2D eigenvalue weighted by Gasteiger charge is 2.21. The van der Waals surface area contributed by atoms with Gasteiger partial charge in [-0.3, -0.25) is 4.79 Å². The van der Waals surface area contributed by atoms with Gasteiger partial charge < -0.3 is 34.0 Å². The monoisotopic (exact) mass is 559 g/mol. The summed E-state index contributed by atoms with van der Waals surface area (Å²) in [6.07, 6.45) is 0. The summed E-state index contributed by atoms with van der Waals surface area (Å²) < 4.78 is 18.1. The number of pyridine rings is 1. The first-order valence-corrected chi connectivity index (χ1v) is 13.4. The van der Waals surface area contributed by atoms with E-state index in [2.05, 4.69) is 27.3 Å². The lowest BCUT2D eigenvalue weighted by Gasteiger charge is -2.28. The van der Waals surface area contributed by atoms with Crippen molar-refractivity contribution in [2.45, 2.75) is 6.54 Å². The van der Waals surface area contributed by atoms with Gasteiger partial charge in [-0.15, -0.1) is 0 Å². The Balaban J connectivity index is 1.48. The van der Waals surface area contributed by atoms with Gasteiger partial charge in [0.1, 0.15) is 22.9 Å². The number of rotatable bonds is 7. The molecular weight excluding hydrogens is 530 g/mol. The first kappa shape index (κ1) is 26.0. The molecule has 6 rings (SSSR count). The number of aromatic nitrogens is 3. The van der Waals surface area contributed by atoms with Gasteiger partial charge in [0.2, 0.25) is 0 Å². The molecule has 10 heteroatoms. The molecule has 0 saturated carbocycles. The number of hydrogen-bond acceptors (Lipinski definition) is 7. The van der Waals surface area contributed by atoms with Crippen LogP contribution in [0.15, 0.2) is 59.4 Å². The molecule has 3 heterocycles. The Morgan fingerprint density at radius 1 is 1.05 bits per heavy atom. The number of aromatic amines is 1. The summed E-state index contributed by atoms with van der Waals surface area (Å²) in [5, 5.41) is 4.89. The zero-order valence-corrected chi connectivity index (χ0v) is 23.3. The largest absolute Gasteiger partial charge is 0.497 e. The number of aryl methyl sites for hydroxylation is 1. The highest BCUT2D eigenvalue weighted by Crippen LogP contribution is 2.35. The maximum atomic E-state index is 13.9. The van der Waals surface area contributed by atoms with E-state index in [1.807, 2.05) is 36.4 Å². The molecule has 1 saturated heterocycles. The van der Waals surface area contributed by atoms with Gasteiger partial charge in [0.25, 0.3) is 5.56 Å². The summed E-state index contributed by atoms with van der Waals surface area (Å²) in [4.78, 5) is 24.4. The molecule has 5 aromatic rings. The standard InChI is InChI=1S/C30H30ClN5O4/c1-35-25-9-5-19(31)14-22(25)28(32-17-18-4-7-21(38-2)16-26(18)39-3)27(30(35)37)29-33-23-8-6-20(15-24(23)34-29)36-10-12-40-13-11-36/h4-9,14-16,32H,10-13,17H2,1-3H3,(H,33,34). The van der Waals surface area contributed by atoms with Gasteiger partial charge in [-0.1, -0.05) is 11.6 Å². The third kappa shape index (κ3) is 4.71. The molecule has 0 spiro atoms. The Kier molecular flexibility index (Phi) is 7.00. The third-order valence-electron chi connectivity index (χ3n) is 7.39. The minimum Gasteiger partial charge on any atom is -0.497 e. The number of nitrogens with zero attached hydrogens (tertiary/aromatic N) is 3. The van der Waals surface area contributed by atoms with Crippen molar-refractivity contribution >= 4 is 44.9 Å². The molecule has 0 amide bonds. The van der Waals surface area contributed by atoms with Crippen LogP contribution in [0, 0.1) is 0 Å². The molecule has 1 aliphatic heterocycles. The van der Waals surface area contributed by atoms with Crippen LogP contribution < -0.4 is 25.2 Å². The summed E-state index contributed by atoms with van der Waals surface area (Å²) >= 11 is 6.45. The number of anilines is 2. The van der Waals surface area contributed by atoms with E-state index in [9.17, 15) is 4.79 Å². The molecule has 0 atom stereocenters. The fraction of sp³-hybridized carbons (Fsp3) is 0.267. The lowest BCUT2D eigenvalue weighted by Crippen LogP contribution is -2.36. The van der Waals surface area contributed by atoms with E-state index in [0.717, 1.165) is 46.3 Å². The number of benzene rings is 3. The van der Waals surface area contributed by atoms with Crippen molar-refractivity contribution in [3.05, 3.63) is 75.5 Å². The third-order valence-corrected chi connectivity index (χ3v) is 7.62. The number of fused-ring (bicyclic) bond motifs is 2. The minimum atomic E-state index is -0.175. The second-order valence-corrected chi connectivity index (χ2v) is 10.1. The van der Waals surface area contributed by atoms with Crippen molar-refractivity contribution in [1.82, 2.24) is 14.5 Å². The van der Waals surface area contributed by atoms with Crippen LogP contribution >= 0.6 is 11.6 Å². The van der Waals surface area contributed by atoms with Crippen LogP contribution in [-0.2, 0) is 18.3 Å². The zero-order valence-electron chi connectivity index (χ0n) is 22.6. The number of halogens is 1. The van der Waals surface area contributed by atoms with Gasteiger partial charge in [-0.05, 0) is 48.5 Å². The van der Waals surface area contributed by atoms with Gasteiger partial charge in [0.15, 0.2) is 0 Å². The molecule has 9 nitrogen and oxygen atoms in total. The fourth-order valence-electron chi connectivity index (χ4n) is 5.24. The molecule has 1 aliphatic rings. The van der Waals surface area contributed by atoms with E-state index in [4.69, 9.17) is 30.8 Å². The summed E-state index contributed by atoms with van der Waals surface area (Å²) in [5.74, 6) is 1.87. The first-order valence-electron chi connectivity index (χ1n) is 13.1. The smallest absolute Gasteiger partial charge is 0.263 e. The van der Waals surface area contributed by atoms with Crippen LogP contribution in [0.1, 0.15) is 5.56 Å². The van der Waals surface area contributed by atoms with Crippen LogP contribution in [0.4, 0.5) is 11.4 Å². The number of methoxy groups -OCH3 is 2. The quantitative estimate of drug-likeness (QED) is 0.283. The van der Waals surface area contributed by atoms with Gasteiger partial charge in [0, 0.05) is 54.4 Å². The molecule has 206 valence electrons. The minimum absolute atomic E-state index is 0.175. The number of nitrogens with one attached hydrogen (secondary N) is 2.